The van der Waals surface area contributed by atoms with E-state index >= 15 is 0 Å². The van der Waals surface area contributed by atoms with Gasteiger partial charge in [0.05, 0.1) is 7.11 Å². The molecule has 86 valence electrons. The van der Waals surface area contributed by atoms with Crippen LogP contribution in [-0.4, -0.2) is 50.6 Å². The van der Waals surface area contributed by atoms with Crippen molar-refractivity contribution in [3.63, 3.8) is 0 Å². The van der Waals surface area contributed by atoms with Crippen molar-refractivity contribution in [2.45, 2.75) is 12.8 Å². The first-order chi connectivity index (χ1) is 7.11. The summed E-state index contributed by atoms with van der Waals surface area (Å²) in [6.45, 7) is 2.75. The number of likely N-dealkylation sites (tertiary alicyclic amines) is 1. The van der Waals surface area contributed by atoms with Gasteiger partial charge in [0.25, 0.3) is 0 Å². The van der Waals surface area contributed by atoms with Crippen LogP contribution in [0.2, 0.25) is 0 Å². The number of hydrogen-bond donors (Lipinski definition) is 1. The molecular weight excluding hydrogens is 196 g/mol. The minimum atomic E-state index is -0.490. The van der Waals surface area contributed by atoms with Crippen molar-refractivity contribution < 1.29 is 14.3 Å². The third-order valence-corrected chi connectivity index (χ3v) is 2.61. The SMILES string of the molecule is COC(=O)CC(=O)NCC1CCN(C)C1. The molecule has 0 radical (unpaired) electrons. The minimum Gasteiger partial charge on any atom is -0.469 e. The Morgan fingerprint density at radius 2 is 2.27 bits per heavy atom. The van der Waals surface area contributed by atoms with Crippen molar-refractivity contribution >= 4 is 11.9 Å². The second kappa shape index (κ2) is 5.70. The summed E-state index contributed by atoms with van der Waals surface area (Å²) < 4.78 is 4.40. The Balaban J connectivity index is 2.14. The summed E-state index contributed by atoms with van der Waals surface area (Å²) >= 11 is 0. The Bertz CT molecular complexity index is 243. The number of nitrogens with zero attached hydrogens (tertiary/aromatic N) is 1. The minimum absolute atomic E-state index is 0.181. The van der Waals surface area contributed by atoms with Crippen LogP contribution in [0.5, 0.6) is 0 Å². The van der Waals surface area contributed by atoms with Gasteiger partial charge in [0, 0.05) is 13.1 Å². The van der Waals surface area contributed by atoms with Gasteiger partial charge in [-0.25, -0.2) is 0 Å². The third kappa shape index (κ3) is 4.29. The van der Waals surface area contributed by atoms with Crippen LogP contribution in [0.1, 0.15) is 12.8 Å². The second-order valence-corrected chi connectivity index (χ2v) is 3.97. The standard InChI is InChI=1S/C10H18N2O3/c1-12-4-3-8(7-12)6-11-9(13)5-10(14)15-2/h8H,3-7H2,1-2H3,(H,11,13). The largest absolute Gasteiger partial charge is 0.469 e. The molecule has 1 N–H and O–H groups in total. The highest BCUT2D eigenvalue weighted by Gasteiger charge is 2.20. The number of nitrogens with one attached hydrogen (secondary N) is 1. The zero-order chi connectivity index (χ0) is 11.3. The van der Waals surface area contributed by atoms with Gasteiger partial charge < -0.3 is 15.0 Å². The molecule has 15 heavy (non-hydrogen) atoms. The fraction of sp³-hybridized carbons (Fsp3) is 0.800. The molecule has 0 aromatic rings. The lowest BCUT2D eigenvalue weighted by Crippen LogP contribution is -2.31. The molecule has 0 aromatic carbocycles. The van der Waals surface area contributed by atoms with E-state index in [1.165, 1.54) is 7.11 Å². The van der Waals surface area contributed by atoms with Crippen molar-refractivity contribution in [1.82, 2.24) is 10.2 Å². The fourth-order valence-corrected chi connectivity index (χ4v) is 1.72. The van der Waals surface area contributed by atoms with E-state index in [0.717, 1.165) is 19.5 Å². The number of carbonyl (C=O) groups excluding carboxylic acids is 2. The van der Waals surface area contributed by atoms with E-state index in [-0.39, 0.29) is 12.3 Å². The molecule has 1 amide bonds. The number of methoxy groups -OCH3 is 1. The van der Waals surface area contributed by atoms with Crippen molar-refractivity contribution in [3.8, 4) is 0 Å². The molecule has 1 unspecified atom stereocenters. The van der Waals surface area contributed by atoms with Crippen molar-refractivity contribution in [2.75, 3.05) is 33.8 Å². The van der Waals surface area contributed by atoms with E-state index < -0.39 is 5.97 Å². The lowest BCUT2D eigenvalue weighted by Gasteiger charge is -2.11. The normalized spacial score (nSPS) is 21.3. The summed E-state index contributed by atoms with van der Waals surface area (Å²) in [7, 11) is 3.35. The smallest absolute Gasteiger partial charge is 0.315 e. The first kappa shape index (κ1) is 12.0. The molecule has 0 aromatic heterocycles. The topological polar surface area (TPSA) is 58.6 Å². The van der Waals surface area contributed by atoms with E-state index in [1.54, 1.807) is 0 Å². The maximum atomic E-state index is 11.2. The van der Waals surface area contributed by atoms with Crippen molar-refractivity contribution in [2.24, 2.45) is 5.92 Å². The average molecular weight is 214 g/mol. The second-order valence-electron chi connectivity index (χ2n) is 3.97. The quantitative estimate of drug-likeness (QED) is 0.512. The van der Waals surface area contributed by atoms with Crippen LogP contribution in [0.4, 0.5) is 0 Å². The van der Waals surface area contributed by atoms with E-state index in [0.29, 0.717) is 12.5 Å². The molecule has 1 aliphatic heterocycles. The van der Waals surface area contributed by atoms with Crippen molar-refractivity contribution in [3.05, 3.63) is 0 Å². The summed E-state index contributed by atoms with van der Waals surface area (Å²) in [5.41, 5.74) is 0. The van der Waals surface area contributed by atoms with Crippen LogP contribution in [-0.2, 0) is 14.3 Å². The van der Waals surface area contributed by atoms with E-state index in [1.807, 2.05) is 0 Å². The Labute approximate surface area is 89.8 Å². The summed E-state index contributed by atoms with van der Waals surface area (Å²) in [4.78, 5) is 24.2. The predicted molar refractivity (Wildman–Crippen MR) is 55.2 cm³/mol. The Kier molecular flexibility index (Phi) is 4.55. The maximum Gasteiger partial charge on any atom is 0.315 e. The lowest BCUT2D eigenvalue weighted by molar-refractivity contribution is -0.143. The van der Waals surface area contributed by atoms with Crippen LogP contribution in [0.3, 0.4) is 0 Å². The summed E-state index contributed by atoms with van der Waals surface area (Å²) in [6.07, 6.45) is 0.925. The van der Waals surface area contributed by atoms with Gasteiger partial charge in [0.15, 0.2) is 0 Å². The van der Waals surface area contributed by atoms with E-state index in [2.05, 4.69) is 22.0 Å². The molecular formula is C10H18N2O3. The zero-order valence-corrected chi connectivity index (χ0v) is 9.28. The number of amides is 1. The number of ether oxygens (including phenoxy) is 1. The first-order valence-corrected chi connectivity index (χ1v) is 5.14. The number of rotatable bonds is 4. The van der Waals surface area contributed by atoms with Gasteiger partial charge in [-0.05, 0) is 25.9 Å². The Hall–Kier alpha value is -1.10. The van der Waals surface area contributed by atoms with Crippen LogP contribution in [0.15, 0.2) is 0 Å². The molecule has 1 rings (SSSR count). The van der Waals surface area contributed by atoms with Gasteiger partial charge in [-0.1, -0.05) is 0 Å². The van der Waals surface area contributed by atoms with Gasteiger partial charge in [-0.15, -0.1) is 0 Å². The van der Waals surface area contributed by atoms with Crippen molar-refractivity contribution in [1.29, 1.82) is 0 Å². The summed E-state index contributed by atoms with van der Waals surface area (Å²) in [5.74, 6) is -0.232. The number of carbonyl (C=O) groups is 2. The zero-order valence-electron chi connectivity index (χ0n) is 9.28. The molecule has 1 heterocycles. The number of hydrogen-bond acceptors (Lipinski definition) is 4. The average Bonchev–Trinajstić information content (AvgIpc) is 2.61. The molecule has 0 saturated carbocycles. The van der Waals surface area contributed by atoms with Gasteiger partial charge >= 0.3 is 5.97 Å². The van der Waals surface area contributed by atoms with E-state index in [4.69, 9.17) is 0 Å². The van der Waals surface area contributed by atoms with Crippen LogP contribution >= 0.6 is 0 Å². The predicted octanol–water partition coefficient (Wildman–Crippen LogP) is -0.383. The van der Waals surface area contributed by atoms with Crippen LogP contribution < -0.4 is 5.32 Å². The third-order valence-electron chi connectivity index (χ3n) is 2.61. The fourth-order valence-electron chi connectivity index (χ4n) is 1.72. The molecule has 5 nitrogen and oxygen atoms in total. The van der Waals surface area contributed by atoms with Crippen LogP contribution in [0.25, 0.3) is 0 Å². The highest BCUT2D eigenvalue weighted by atomic mass is 16.5. The maximum absolute atomic E-state index is 11.2. The highest BCUT2D eigenvalue weighted by molar-refractivity contribution is 5.94. The monoisotopic (exact) mass is 214 g/mol. The van der Waals surface area contributed by atoms with Gasteiger partial charge in [0.1, 0.15) is 6.42 Å². The molecule has 1 fully saturated rings. The van der Waals surface area contributed by atoms with E-state index in [9.17, 15) is 9.59 Å². The summed E-state index contributed by atoms with van der Waals surface area (Å²) in [6, 6.07) is 0. The van der Waals surface area contributed by atoms with Crippen LogP contribution in [0, 0.1) is 5.92 Å². The molecule has 0 spiro atoms. The van der Waals surface area contributed by atoms with Gasteiger partial charge in [-0.3, -0.25) is 9.59 Å². The molecule has 0 bridgehead atoms. The van der Waals surface area contributed by atoms with Gasteiger partial charge in [0.2, 0.25) is 5.91 Å². The Morgan fingerprint density at radius 3 is 2.80 bits per heavy atom. The number of esters is 1. The Morgan fingerprint density at radius 1 is 1.53 bits per heavy atom. The first-order valence-electron chi connectivity index (χ1n) is 5.14. The molecule has 5 heteroatoms. The molecule has 1 saturated heterocycles. The molecule has 1 aliphatic rings. The molecule has 0 aliphatic carbocycles. The van der Waals surface area contributed by atoms with Gasteiger partial charge in [-0.2, -0.15) is 0 Å². The molecule has 1 atom stereocenters. The lowest BCUT2D eigenvalue weighted by atomic mass is 10.1. The highest BCUT2D eigenvalue weighted by Crippen LogP contribution is 2.12. The summed E-state index contributed by atoms with van der Waals surface area (Å²) in [5, 5.41) is 2.74.